The minimum Gasteiger partial charge on any atom is -0.480 e. The number of carboxylic acid groups (broad SMARTS) is 1. The Morgan fingerprint density at radius 3 is 2.21 bits per heavy atom. The Bertz CT molecular complexity index is 612. The Labute approximate surface area is 149 Å². The second-order valence-corrected chi connectivity index (χ2v) is 8.23. The molecule has 5 nitrogen and oxygen atoms in total. The van der Waals surface area contributed by atoms with E-state index in [1.807, 2.05) is 24.3 Å². The maximum Gasteiger partial charge on any atom is 0.323 e. The van der Waals surface area contributed by atoms with Crippen molar-refractivity contribution in [1.82, 2.24) is 4.31 Å². The van der Waals surface area contributed by atoms with Crippen molar-refractivity contribution in [3.8, 4) is 0 Å². The number of unbranched alkanes of at least 4 members (excludes halogenated alkanes) is 2. The van der Waals surface area contributed by atoms with E-state index in [9.17, 15) is 18.3 Å². The van der Waals surface area contributed by atoms with Gasteiger partial charge in [-0.1, -0.05) is 50.4 Å². The lowest BCUT2D eigenvalue weighted by molar-refractivity contribution is -0.136. The number of hydrogen-bond acceptors (Lipinski definition) is 3. The summed E-state index contributed by atoms with van der Waals surface area (Å²) in [7, 11) is -3.79. The van der Waals surface area contributed by atoms with Crippen molar-refractivity contribution in [2.24, 2.45) is 0 Å². The number of hydrogen-bond donors (Lipinski definition) is 1. The van der Waals surface area contributed by atoms with Gasteiger partial charge in [0.05, 0.1) is 0 Å². The fourth-order valence-corrected chi connectivity index (χ4v) is 4.57. The third kappa shape index (κ3) is 6.07. The van der Waals surface area contributed by atoms with Gasteiger partial charge in [0.1, 0.15) is 0 Å². The Morgan fingerprint density at radius 2 is 1.71 bits per heavy atom. The first kappa shape index (κ1) is 20.9. The van der Waals surface area contributed by atoms with Crippen molar-refractivity contribution in [1.29, 1.82) is 0 Å². The van der Waals surface area contributed by atoms with Crippen LogP contribution in [0.2, 0.25) is 5.02 Å². The first-order valence-electron chi connectivity index (χ1n) is 8.29. The van der Waals surface area contributed by atoms with Gasteiger partial charge in [0.15, 0.2) is 5.25 Å². The number of benzene rings is 1. The van der Waals surface area contributed by atoms with E-state index in [0.29, 0.717) is 24.5 Å². The molecule has 0 amide bonds. The smallest absolute Gasteiger partial charge is 0.323 e. The Balaban J connectivity index is 2.50. The molecule has 7 heteroatoms. The molecule has 0 aliphatic heterocycles. The molecule has 1 unspecified atom stereocenters. The molecule has 0 aliphatic rings. The standard InChI is InChI=1S/C17H26ClNO4S/c1-3-19(4-2)24(22,23)16(17(20)21)9-7-5-6-8-14-10-12-15(18)13-11-14/h10-13,16H,3-9H2,1-2H3,(H,20,21). The molecule has 0 radical (unpaired) electrons. The third-order valence-electron chi connectivity index (χ3n) is 4.05. The van der Waals surface area contributed by atoms with Crippen LogP contribution in [0.3, 0.4) is 0 Å². The third-order valence-corrected chi connectivity index (χ3v) is 6.69. The van der Waals surface area contributed by atoms with Crippen molar-refractivity contribution in [3.05, 3.63) is 34.9 Å². The number of carbonyl (C=O) groups is 1. The van der Waals surface area contributed by atoms with E-state index in [1.54, 1.807) is 13.8 Å². The van der Waals surface area contributed by atoms with Crippen LogP contribution in [0.4, 0.5) is 0 Å². The lowest BCUT2D eigenvalue weighted by atomic mass is 10.1. The number of halogens is 1. The van der Waals surface area contributed by atoms with Crippen LogP contribution in [0.25, 0.3) is 0 Å². The maximum absolute atomic E-state index is 12.4. The van der Waals surface area contributed by atoms with Crippen molar-refractivity contribution in [3.63, 3.8) is 0 Å². The van der Waals surface area contributed by atoms with Crippen LogP contribution in [0.5, 0.6) is 0 Å². The quantitative estimate of drug-likeness (QED) is 0.600. The minimum absolute atomic E-state index is 0.148. The zero-order chi connectivity index (χ0) is 18.2. The molecule has 1 aromatic carbocycles. The summed E-state index contributed by atoms with van der Waals surface area (Å²) < 4.78 is 26.0. The van der Waals surface area contributed by atoms with Crippen LogP contribution in [0.15, 0.2) is 24.3 Å². The molecule has 1 rings (SSSR count). The summed E-state index contributed by atoms with van der Waals surface area (Å²) in [4.78, 5) is 11.4. The highest BCUT2D eigenvalue weighted by atomic mass is 35.5. The van der Waals surface area contributed by atoms with Gasteiger partial charge in [-0.25, -0.2) is 12.7 Å². The van der Waals surface area contributed by atoms with Crippen LogP contribution >= 0.6 is 11.6 Å². The highest BCUT2D eigenvalue weighted by molar-refractivity contribution is 7.90. The molecular weight excluding hydrogens is 350 g/mol. The molecule has 0 aliphatic carbocycles. The highest BCUT2D eigenvalue weighted by Crippen LogP contribution is 2.18. The molecule has 0 aromatic heterocycles. The second kappa shape index (κ2) is 10.0. The zero-order valence-corrected chi connectivity index (χ0v) is 15.8. The molecular formula is C17H26ClNO4S. The summed E-state index contributed by atoms with van der Waals surface area (Å²) in [5.74, 6) is -1.26. The van der Waals surface area contributed by atoms with Gasteiger partial charge in [-0.05, 0) is 37.0 Å². The Kier molecular flexibility index (Phi) is 8.73. The van der Waals surface area contributed by atoms with Crippen molar-refractivity contribution < 1.29 is 18.3 Å². The highest BCUT2D eigenvalue weighted by Gasteiger charge is 2.35. The fraction of sp³-hybridized carbons (Fsp3) is 0.588. The summed E-state index contributed by atoms with van der Waals surface area (Å²) in [5.41, 5.74) is 1.17. The molecule has 0 saturated heterocycles. The summed E-state index contributed by atoms with van der Waals surface area (Å²) in [5, 5.41) is 8.64. The van der Waals surface area contributed by atoms with Gasteiger partial charge in [0.25, 0.3) is 0 Å². The van der Waals surface area contributed by atoms with E-state index in [2.05, 4.69) is 0 Å². The Morgan fingerprint density at radius 1 is 1.12 bits per heavy atom. The fourth-order valence-electron chi connectivity index (χ4n) is 2.65. The van der Waals surface area contributed by atoms with E-state index in [1.165, 1.54) is 9.87 Å². The van der Waals surface area contributed by atoms with Gasteiger partial charge in [0.2, 0.25) is 10.0 Å². The van der Waals surface area contributed by atoms with Gasteiger partial charge in [-0.3, -0.25) is 4.79 Å². The number of carboxylic acids is 1. The molecule has 24 heavy (non-hydrogen) atoms. The normalized spacial score (nSPS) is 13.2. The molecule has 0 heterocycles. The first-order valence-corrected chi connectivity index (χ1v) is 10.2. The number of sulfonamides is 1. The Hall–Kier alpha value is -1.11. The number of aliphatic carboxylic acids is 1. The van der Waals surface area contributed by atoms with E-state index in [4.69, 9.17) is 11.6 Å². The SMILES string of the molecule is CCN(CC)S(=O)(=O)C(CCCCCc1ccc(Cl)cc1)C(=O)O. The molecule has 0 spiro atoms. The summed E-state index contributed by atoms with van der Waals surface area (Å²) in [6, 6.07) is 7.61. The molecule has 136 valence electrons. The van der Waals surface area contributed by atoms with E-state index in [-0.39, 0.29) is 6.42 Å². The molecule has 0 fully saturated rings. The lowest BCUT2D eigenvalue weighted by Gasteiger charge is -2.23. The topological polar surface area (TPSA) is 74.7 Å². The average molecular weight is 376 g/mol. The second-order valence-electron chi connectivity index (χ2n) is 5.68. The molecule has 1 aromatic rings. The average Bonchev–Trinajstić information content (AvgIpc) is 2.52. The van der Waals surface area contributed by atoms with Gasteiger partial charge in [-0.2, -0.15) is 0 Å². The minimum atomic E-state index is -3.79. The predicted molar refractivity (Wildman–Crippen MR) is 96.9 cm³/mol. The van der Waals surface area contributed by atoms with Gasteiger partial charge in [0, 0.05) is 18.1 Å². The van der Waals surface area contributed by atoms with Crippen LogP contribution in [-0.2, 0) is 21.2 Å². The van der Waals surface area contributed by atoms with Gasteiger partial charge >= 0.3 is 5.97 Å². The molecule has 0 bridgehead atoms. The number of rotatable bonds is 11. The predicted octanol–water partition coefficient (Wildman–Crippen LogP) is 3.57. The summed E-state index contributed by atoms with van der Waals surface area (Å²) in [6.45, 7) is 4.01. The van der Waals surface area contributed by atoms with E-state index >= 15 is 0 Å². The van der Waals surface area contributed by atoms with Crippen LogP contribution in [0, 0.1) is 0 Å². The van der Waals surface area contributed by atoms with E-state index in [0.717, 1.165) is 19.3 Å². The van der Waals surface area contributed by atoms with Crippen molar-refractivity contribution in [2.75, 3.05) is 13.1 Å². The van der Waals surface area contributed by atoms with Crippen LogP contribution in [0.1, 0.15) is 45.1 Å². The molecule has 0 saturated carbocycles. The zero-order valence-electron chi connectivity index (χ0n) is 14.2. The molecule has 1 N–H and O–H groups in total. The first-order chi connectivity index (χ1) is 11.3. The number of aryl methyl sites for hydroxylation is 1. The van der Waals surface area contributed by atoms with Crippen molar-refractivity contribution in [2.45, 2.75) is 51.2 Å². The summed E-state index contributed by atoms with van der Waals surface area (Å²) in [6.07, 6.45) is 3.27. The lowest BCUT2D eigenvalue weighted by Crippen LogP contribution is -2.42. The number of nitrogens with zero attached hydrogens (tertiary/aromatic N) is 1. The van der Waals surface area contributed by atoms with Crippen LogP contribution < -0.4 is 0 Å². The monoisotopic (exact) mass is 375 g/mol. The van der Waals surface area contributed by atoms with Gasteiger partial charge < -0.3 is 5.11 Å². The van der Waals surface area contributed by atoms with Gasteiger partial charge in [-0.15, -0.1) is 0 Å². The van der Waals surface area contributed by atoms with Crippen LogP contribution in [-0.4, -0.2) is 42.1 Å². The summed E-state index contributed by atoms with van der Waals surface area (Å²) >= 11 is 5.84. The molecule has 1 atom stereocenters. The maximum atomic E-state index is 12.4. The largest absolute Gasteiger partial charge is 0.480 e. The van der Waals surface area contributed by atoms with Crippen molar-refractivity contribution >= 4 is 27.6 Å². The van der Waals surface area contributed by atoms with E-state index < -0.39 is 21.2 Å².